The Morgan fingerprint density at radius 1 is 1.26 bits per heavy atom. The van der Waals surface area contributed by atoms with E-state index < -0.39 is 11.7 Å². The SMILES string of the molecule is CCNc1nccc(C(=O)Nc2ccccn2)c1F. The maximum Gasteiger partial charge on any atom is 0.259 e. The van der Waals surface area contributed by atoms with Crippen LogP contribution in [-0.4, -0.2) is 22.4 Å². The molecule has 0 atom stereocenters. The minimum absolute atomic E-state index is 0.0659. The molecular formula is C13H13FN4O. The highest BCUT2D eigenvalue weighted by Crippen LogP contribution is 2.16. The Morgan fingerprint density at radius 2 is 2.11 bits per heavy atom. The van der Waals surface area contributed by atoms with Gasteiger partial charge in [0.25, 0.3) is 5.91 Å². The Hall–Kier alpha value is -2.50. The minimum Gasteiger partial charge on any atom is -0.368 e. The van der Waals surface area contributed by atoms with Crippen LogP contribution in [0.2, 0.25) is 0 Å². The predicted octanol–water partition coefficient (Wildman–Crippen LogP) is 2.30. The normalized spacial score (nSPS) is 10.0. The third-order valence-electron chi connectivity index (χ3n) is 2.38. The zero-order valence-electron chi connectivity index (χ0n) is 10.4. The van der Waals surface area contributed by atoms with Crippen molar-refractivity contribution in [1.29, 1.82) is 0 Å². The van der Waals surface area contributed by atoms with Crippen molar-refractivity contribution < 1.29 is 9.18 Å². The lowest BCUT2D eigenvalue weighted by Crippen LogP contribution is -2.16. The second-order valence-electron chi connectivity index (χ2n) is 3.72. The number of carbonyl (C=O) groups is 1. The minimum atomic E-state index is -0.669. The highest BCUT2D eigenvalue weighted by Gasteiger charge is 2.16. The summed E-state index contributed by atoms with van der Waals surface area (Å²) in [4.78, 5) is 19.7. The fourth-order valence-corrected chi connectivity index (χ4v) is 1.53. The fraction of sp³-hybridized carbons (Fsp3) is 0.154. The maximum atomic E-state index is 14.0. The number of rotatable bonds is 4. The van der Waals surface area contributed by atoms with Crippen molar-refractivity contribution in [2.75, 3.05) is 17.2 Å². The summed E-state index contributed by atoms with van der Waals surface area (Å²) in [5, 5.41) is 5.28. The highest BCUT2D eigenvalue weighted by atomic mass is 19.1. The molecule has 19 heavy (non-hydrogen) atoms. The van der Waals surface area contributed by atoms with E-state index in [0.29, 0.717) is 12.4 Å². The van der Waals surface area contributed by atoms with Gasteiger partial charge in [0.05, 0.1) is 5.56 Å². The van der Waals surface area contributed by atoms with Crippen LogP contribution in [0.5, 0.6) is 0 Å². The lowest BCUT2D eigenvalue weighted by atomic mass is 10.2. The first-order valence-corrected chi connectivity index (χ1v) is 5.83. The average molecular weight is 260 g/mol. The molecule has 0 aliphatic carbocycles. The maximum absolute atomic E-state index is 14.0. The van der Waals surface area contributed by atoms with Crippen LogP contribution in [0.15, 0.2) is 36.7 Å². The number of aromatic nitrogens is 2. The van der Waals surface area contributed by atoms with E-state index >= 15 is 0 Å². The molecule has 98 valence electrons. The Bertz CT molecular complexity index is 574. The van der Waals surface area contributed by atoms with E-state index in [9.17, 15) is 9.18 Å². The molecule has 0 aromatic carbocycles. The van der Waals surface area contributed by atoms with Gasteiger partial charge in [-0.2, -0.15) is 0 Å². The molecule has 0 aliphatic rings. The van der Waals surface area contributed by atoms with E-state index in [-0.39, 0.29) is 11.4 Å². The monoisotopic (exact) mass is 260 g/mol. The van der Waals surface area contributed by atoms with Crippen molar-refractivity contribution in [3.63, 3.8) is 0 Å². The summed E-state index contributed by atoms with van der Waals surface area (Å²) >= 11 is 0. The average Bonchev–Trinajstić information content (AvgIpc) is 2.42. The second-order valence-corrected chi connectivity index (χ2v) is 3.72. The number of anilines is 2. The molecule has 2 N–H and O–H groups in total. The molecule has 0 aliphatic heterocycles. The number of hydrogen-bond donors (Lipinski definition) is 2. The predicted molar refractivity (Wildman–Crippen MR) is 70.5 cm³/mol. The first-order valence-electron chi connectivity index (χ1n) is 5.83. The highest BCUT2D eigenvalue weighted by molar-refractivity contribution is 6.04. The summed E-state index contributed by atoms with van der Waals surface area (Å²) in [6, 6.07) is 6.41. The standard InChI is InChI=1S/C13H13FN4O/c1-2-15-12-11(14)9(6-8-17-12)13(19)18-10-5-3-4-7-16-10/h3-8H,2H2,1H3,(H,15,17)(H,16,18,19). The number of hydrogen-bond acceptors (Lipinski definition) is 4. The van der Waals surface area contributed by atoms with Gasteiger partial charge in [-0.05, 0) is 25.1 Å². The van der Waals surface area contributed by atoms with Gasteiger partial charge in [-0.25, -0.2) is 14.4 Å². The molecule has 2 aromatic rings. The van der Waals surface area contributed by atoms with Crippen LogP contribution in [-0.2, 0) is 0 Å². The van der Waals surface area contributed by atoms with Crippen LogP contribution in [0.25, 0.3) is 0 Å². The van der Waals surface area contributed by atoms with E-state index in [1.165, 1.54) is 12.3 Å². The smallest absolute Gasteiger partial charge is 0.259 e. The van der Waals surface area contributed by atoms with Crippen LogP contribution in [0.4, 0.5) is 16.0 Å². The van der Waals surface area contributed by atoms with Crippen LogP contribution in [0.3, 0.4) is 0 Å². The summed E-state index contributed by atoms with van der Waals surface area (Å²) in [5.74, 6) is -0.791. The molecule has 2 rings (SSSR count). The first kappa shape index (κ1) is 12.9. The molecule has 5 nitrogen and oxygen atoms in total. The number of nitrogens with zero attached hydrogens (tertiary/aromatic N) is 2. The van der Waals surface area contributed by atoms with Crippen molar-refractivity contribution in [3.05, 3.63) is 48.0 Å². The van der Waals surface area contributed by atoms with Gasteiger partial charge < -0.3 is 10.6 Å². The first-order chi connectivity index (χ1) is 9.22. The zero-order valence-corrected chi connectivity index (χ0v) is 10.4. The summed E-state index contributed by atoms with van der Waals surface area (Å²) in [5.41, 5.74) is -0.0726. The second kappa shape index (κ2) is 5.90. The summed E-state index contributed by atoms with van der Waals surface area (Å²) in [6.07, 6.45) is 2.93. The lowest BCUT2D eigenvalue weighted by Gasteiger charge is -2.08. The third kappa shape index (κ3) is 3.04. The molecule has 0 unspecified atom stereocenters. The van der Waals surface area contributed by atoms with E-state index in [4.69, 9.17) is 0 Å². The number of pyridine rings is 2. The summed E-state index contributed by atoms with van der Waals surface area (Å²) < 4.78 is 14.0. The van der Waals surface area contributed by atoms with E-state index in [0.717, 1.165) is 0 Å². The van der Waals surface area contributed by atoms with Crippen molar-refractivity contribution >= 4 is 17.5 Å². The fourth-order valence-electron chi connectivity index (χ4n) is 1.53. The van der Waals surface area contributed by atoms with Gasteiger partial charge in [-0.1, -0.05) is 6.07 Å². The number of nitrogens with one attached hydrogen (secondary N) is 2. The van der Waals surface area contributed by atoms with Gasteiger partial charge in [0.2, 0.25) is 0 Å². The topological polar surface area (TPSA) is 66.9 Å². The van der Waals surface area contributed by atoms with Gasteiger partial charge in [-0.3, -0.25) is 4.79 Å². The Kier molecular flexibility index (Phi) is 4.02. The van der Waals surface area contributed by atoms with Crippen molar-refractivity contribution in [2.24, 2.45) is 0 Å². The van der Waals surface area contributed by atoms with Crippen LogP contribution in [0.1, 0.15) is 17.3 Å². The van der Waals surface area contributed by atoms with Gasteiger partial charge in [0.1, 0.15) is 5.82 Å². The molecule has 0 saturated carbocycles. The number of halogens is 1. The Labute approximate surface area is 109 Å². The van der Waals surface area contributed by atoms with E-state index in [2.05, 4.69) is 20.6 Å². The summed E-state index contributed by atoms with van der Waals surface area (Å²) in [6.45, 7) is 2.34. The van der Waals surface area contributed by atoms with Gasteiger partial charge in [-0.15, -0.1) is 0 Å². The third-order valence-corrected chi connectivity index (χ3v) is 2.38. The van der Waals surface area contributed by atoms with Crippen LogP contribution < -0.4 is 10.6 Å². The summed E-state index contributed by atoms with van der Waals surface area (Å²) in [7, 11) is 0. The molecule has 0 saturated heterocycles. The zero-order chi connectivity index (χ0) is 13.7. The Balaban J connectivity index is 2.22. The van der Waals surface area contributed by atoms with Crippen molar-refractivity contribution in [3.8, 4) is 0 Å². The molecule has 0 spiro atoms. The van der Waals surface area contributed by atoms with Crippen molar-refractivity contribution in [2.45, 2.75) is 6.92 Å². The quantitative estimate of drug-likeness (QED) is 0.885. The number of amides is 1. The molecule has 0 radical (unpaired) electrons. The molecule has 6 heteroatoms. The van der Waals surface area contributed by atoms with Crippen LogP contribution in [0, 0.1) is 5.82 Å². The molecule has 0 bridgehead atoms. The van der Waals surface area contributed by atoms with E-state index in [1.807, 2.05) is 6.92 Å². The molecular weight excluding hydrogens is 247 g/mol. The molecule has 0 fully saturated rings. The van der Waals surface area contributed by atoms with E-state index in [1.54, 1.807) is 24.4 Å². The van der Waals surface area contributed by atoms with Crippen molar-refractivity contribution in [1.82, 2.24) is 9.97 Å². The van der Waals surface area contributed by atoms with Gasteiger partial charge in [0.15, 0.2) is 11.6 Å². The lowest BCUT2D eigenvalue weighted by molar-refractivity contribution is 0.102. The largest absolute Gasteiger partial charge is 0.368 e. The number of carbonyl (C=O) groups excluding carboxylic acids is 1. The van der Waals surface area contributed by atoms with Gasteiger partial charge in [0, 0.05) is 18.9 Å². The Morgan fingerprint density at radius 3 is 2.79 bits per heavy atom. The van der Waals surface area contributed by atoms with Gasteiger partial charge >= 0.3 is 0 Å². The molecule has 1 amide bonds. The molecule has 2 heterocycles. The van der Waals surface area contributed by atoms with Crippen LogP contribution >= 0.6 is 0 Å². The molecule has 2 aromatic heterocycles.